The van der Waals surface area contributed by atoms with E-state index >= 15 is 0 Å². The van der Waals surface area contributed by atoms with Crippen molar-refractivity contribution in [2.45, 2.75) is 51.6 Å². The van der Waals surface area contributed by atoms with Crippen LogP contribution in [0.2, 0.25) is 0 Å². The van der Waals surface area contributed by atoms with E-state index in [9.17, 15) is 36.3 Å². The maximum absolute atomic E-state index is 13.9. The van der Waals surface area contributed by atoms with Crippen molar-refractivity contribution in [3.05, 3.63) is 70.3 Å². The van der Waals surface area contributed by atoms with Crippen LogP contribution in [-0.4, -0.2) is 60.7 Å². The van der Waals surface area contributed by atoms with E-state index in [1.54, 1.807) is 6.92 Å². The van der Waals surface area contributed by atoms with Crippen molar-refractivity contribution < 1.29 is 45.8 Å². The summed E-state index contributed by atoms with van der Waals surface area (Å²) >= 11 is 0. The van der Waals surface area contributed by atoms with Crippen molar-refractivity contribution in [1.29, 1.82) is 0 Å². The molecule has 2 aromatic carbocycles. The molecule has 1 heterocycles. The van der Waals surface area contributed by atoms with Gasteiger partial charge in [-0.25, -0.2) is 18.4 Å². The first-order chi connectivity index (χ1) is 18.7. The average Bonchev–Trinajstić information content (AvgIpc) is 2.85. The van der Waals surface area contributed by atoms with Gasteiger partial charge in [0.25, 0.3) is 0 Å². The molecule has 218 valence electrons. The van der Waals surface area contributed by atoms with Crippen LogP contribution in [0.15, 0.2) is 36.4 Å². The van der Waals surface area contributed by atoms with Gasteiger partial charge in [-0.2, -0.15) is 13.2 Å². The molecule has 0 aliphatic carbocycles. The van der Waals surface area contributed by atoms with Gasteiger partial charge >= 0.3 is 24.3 Å². The van der Waals surface area contributed by atoms with Crippen LogP contribution in [-0.2, 0) is 27.0 Å². The quantitative estimate of drug-likeness (QED) is 0.276. The Morgan fingerprint density at radius 2 is 1.82 bits per heavy atom. The largest absolute Gasteiger partial charge is 0.464 e. The molecule has 3 rings (SSSR count). The topological polar surface area (TPSA) is 88.2 Å². The number of nitrogens with one attached hydrogen (secondary N) is 1. The summed E-state index contributed by atoms with van der Waals surface area (Å²) in [7, 11) is 1.38. The minimum absolute atomic E-state index is 0.0309. The van der Waals surface area contributed by atoms with Crippen LogP contribution in [0.5, 0.6) is 0 Å². The first-order valence-electron chi connectivity index (χ1n) is 12.5. The van der Waals surface area contributed by atoms with Crippen LogP contribution in [0.1, 0.15) is 48.1 Å². The molecule has 13 heteroatoms. The summed E-state index contributed by atoms with van der Waals surface area (Å²) in [5.74, 6) is -2.04. The fraction of sp³-hybridized carbons (Fsp3) is 0.444. The molecule has 2 atom stereocenters. The molecule has 1 aliphatic heterocycles. The molecule has 1 saturated heterocycles. The second kappa shape index (κ2) is 13.0. The van der Waals surface area contributed by atoms with Gasteiger partial charge in [0.05, 0.1) is 18.2 Å². The molecular formula is C27H30F5N3O5. The summed E-state index contributed by atoms with van der Waals surface area (Å²) in [6.45, 7) is 2.74. The molecule has 1 fully saturated rings. The van der Waals surface area contributed by atoms with E-state index in [0.717, 1.165) is 12.1 Å². The Labute approximate surface area is 228 Å². The molecule has 40 heavy (non-hydrogen) atoms. The average molecular weight is 572 g/mol. The molecule has 0 radical (unpaired) electrons. The summed E-state index contributed by atoms with van der Waals surface area (Å²) in [5.41, 5.74) is -0.0395. The number of ether oxygens (including phenoxy) is 2. The van der Waals surface area contributed by atoms with Gasteiger partial charge in [0.2, 0.25) is 0 Å². The number of esters is 1. The highest BCUT2D eigenvalue weighted by Gasteiger charge is 2.37. The van der Waals surface area contributed by atoms with Crippen LogP contribution >= 0.6 is 0 Å². The Kier molecular flexibility index (Phi) is 9.93. The van der Waals surface area contributed by atoms with Gasteiger partial charge in [-0.3, -0.25) is 4.79 Å². The van der Waals surface area contributed by atoms with E-state index in [2.05, 4.69) is 5.32 Å². The lowest BCUT2D eigenvalue weighted by molar-refractivity contribution is -0.141. The summed E-state index contributed by atoms with van der Waals surface area (Å²) < 4.78 is 77.4. The van der Waals surface area contributed by atoms with Crippen LogP contribution in [0.25, 0.3) is 0 Å². The highest BCUT2D eigenvalue weighted by Crippen LogP contribution is 2.36. The summed E-state index contributed by atoms with van der Waals surface area (Å²) in [5, 5.41) is 2.47. The molecule has 8 nitrogen and oxygen atoms in total. The first-order valence-corrected chi connectivity index (χ1v) is 12.5. The van der Waals surface area contributed by atoms with Crippen LogP contribution < -0.4 is 5.32 Å². The number of aryl methyl sites for hydroxylation is 1. The van der Waals surface area contributed by atoms with E-state index in [-0.39, 0.29) is 44.6 Å². The van der Waals surface area contributed by atoms with Gasteiger partial charge in [-0.05, 0) is 53.9 Å². The summed E-state index contributed by atoms with van der Waals surface area (Å²) in [6.07, 6.45) is -5.68. The molecule has 0 unspecified atom stereocenters. The number of nitrogens with zero attached hydrogens (tertiary/aromatic N) is 2. The Morgan fingerprint density at radius 1 is 1.10 bits per heavy atom. The van der Waals surface area contributed by atoms with Crippen molar-refractivity contribution in [2.24, 2.45) is 0 Å². The fourth-order valence-electron chi connectivity index (χ4n) is 4.58. The number of hydrogen-bond acceptors (Lipinski definition) is 5. The van der Waals surface area contributed by atoms with Crippen LogP contribution in [0.3, 0.4) is 0 Å². The normalized spacial score (nSPS) is 17.2. The number of likely N-dealkylation sites (tertiary alicyclic amines) is 1. The summed E-state index contributed by atoms with van der Waals surface area (Å²) in [6, 6.07) is 4.98. The molecular weight excluding hydrogens is 541 g/mol. The van der Waals surface area contributed by atoms with Crippen molar-refractivity contribution in [1.82, 2.24) is 15.1 Å². The third-order valence-corrected chi connectivity index (χ3v) is 6.37. The number of urea groups is 1. The minimum Gasteiger partial charge on any atom is -0.464 e. The molecule has 0 spiro atoms. The Hall–Kier alpha value is -3.90. The lowest BCUT2D eigenvalue weighted by Crippen LogP contribution is -2.49. The Morgan fingerprint density at radius 3 is 2.48 bits per heavy atom. The van der Waals surface area contributed by atoms with Gasteiger partial charge in [0.1, 0.15) is 24.3 Å². The number of amides is 3. The lowest BCUT2D eigenvalue weighted by Gasteiger charge is -2.41. The standard InChI is InChI=1S/C27H30F5N3O5/c1-16-10-20(28)4-5-23(16)24-14-22(40-25(37)33-7-9-39-17(2)36)6-8-35(24)26(38)34(3)15-18-11-19(27(30,31)32)13-21(29)12-18/h4-5,10-13,22,24H,6-9,14-15H2,1-3H3,(H,33,37)/t22-,24+/m0/s1. The minimum atomic E-state index is -4.75. The Bertz CT molecular complexity index is 1240. The Balaban J connectivity index is 1.76. The number of piperidine rings is 1. The smallest absolute Gasteiger partial charge is 0.416 e. The maximum atomic E-state index is 13.9. The zero-order chi connectivity index (χ0) is 29.6. The van der Waals surface area contributed by atoms with E-state index in [1.165, 1.54) is 42.0 Å². The van der Waals surface area contributed by atoms with Gasteiger partial charge in [0.15, 0.2) is 0 Å². The predicted octanol–water partition coefficient (Wildman–Crippen LogP) is 5.34. The number of benzene rings is 2. The number of carbonyl (C=O) groups excluding carboxylic acids is 3. The number of rotatable bonds is 7. The van der Waals surface area contributed by atoms with E-state index in [4.69, 9.17) is 9.47 Å². The second-order valence-electron chi connectivity index (χ2n) is 9.51. The van der Waals surface area contributed by atoms with E-state index in [1.807, 2.05) is 0 Å². The highest BCUT2D eigenvalue weighted by molar-refractivity contribution is 5.75. The van der Waals surface area contributed by atoms with Gasteiger partial charge in [-0.15, -0.1) is 0 Å². The van der Waals surface area contributed by atoms with Crippen LogP contribution in [0.4, 0.5) is 31.5 Å². The molecule has 1 N–H and O–H groups in total. The van der Waals surface area contributed by atoms with Crippen molar-refractivity contribution >= 4 is 18.1 Å². The fourth-order valence-corrected chi connectivity index (χ4v) is 4.58. The van der Waals surface area contributed by atoms with Gasteiger partial charge in [-0.1, -0.05) is 6.07 Å². The molecule has 0 bridgehead atoms. The van der Waals surface area contributed by atoms with Gasteiger partial charge in [0, 0.05) is 39.9 Å². The third kappa shape index (κ3) is 8.30. The molecule has 3 amide bonds. The zero-order valence-electron chi connectivity index (χ0n) is 22.2. The van der Waals surface area contributed by atoms with Crippen LogP contribution in [0, 0.1) is 18.6 Å². The van der Waals surface area contributed by atoms with Gasteiger partial charge < -0.3 is 24.6 Å². The SMILES string of the molecule is CC(=O)OCCNC(=O)O[C@H]1CCN(C(=O)N(C)Cc2cc(F)cc(C(F)(F)F)c2)[C@@H](c2ccc(F)cc2C)C1. The molecule has 2 aromatic rings. The first kappa shape index (κ1) is 30.6. The van der Waals surface area contributed by atoms with Crippen molar-refractivity contribution in [3.63, 3.8) is 0 Å². The number of carbonyl (C=O) groups is 3. The number of halogens is 5. The predicted molar refractivity (Wildman–Crippen MR) is 133 cm³/mol. The molecule has 0 saturated carbocycles. The number of alkyl halides is 3. The second-order valence-corrected chi connectivity index (χ2v) is 9.51. The number of alkyl carbamates (subject to hydrolysis) is 1. The number of hydrogen-bond donors (Lipinski definition) is 1. The zero-order valence-corrected chi connectivity index (χ0v) is 22.2. The van der Waals surface area contributed by atoms with E-state index < -0.39 is 53.6 Å². The maximum Gasteiger partial charge on any atom is 0.416 e. The van der Waals surface area contributed by atoms with E-state index in [0.29, 0.717) is 17.2 Å². The molecule has 1 aliphatic rings. The van der Waals surface area contributed by atoms with Crippen molar-refractivity contribution in [3.8, 4) is 0 Å². The lowest BCUT2D eigenvalue weighted by atomic mass is 9.90. The van der Waals surface area contributed by atoms with Crippen molar-refractivity contribution in [2.75, 3.05) is 26.7 Å². The third-order valence-electron chi connectivity index (χ3n) is 6.37. The molecule has 0 aromatic heterocycles. The monoisotopic (exact) mass is 571 g/mol. The summed E-state index contributed by atoms with van der Waals surface area (Å²) in [4.78, 5) is 39.2. The highest BCUT2D eigenvalue weighted by atomic mass is 19.4.